The van der Waals surface area contributed by atoms with Gasteiger partial charge in [0, 0.05) is 11.6 Å². The Morgan fingerprint density at radius 3 is 2.37 bits per heavy atom. The summed E-state index contributed by atoms with van der Waals surface area (Å²) in [6.07, 6.45) is 0. The molecule has 4 nitrogen and oxygen atoms in total. The van der Waals surface area contributed by atoms with Crippen LogP contribution in [0.25, 0.3) is 0 Å². The quantitative estimate of drug-likeness (QED) is 0.878. The maximum Gasteiger partial charge on any atom is 0.308 e. The molecule has 1 aromatic rings. The predicted octanol–water partition coefficient (Wildman–Crippen LogP) is 2.71. The van der Waals surface area contributed by atoms with Gasteiger partial charge in [-0.25, -0.2) is 0 Å². The lowest BCUT2D eigenvalue weighted by atomic mass is 9.84. The third-order valence-electron chi connectivity index (χ3n) is 3.38. The Kier molecular flexibility index (Phi) is 4.58. The van der Waals surface area contributed by atoms with Crippen molar-refractivity contribution in [1.29, 1.82) is 0 Å². The highest BCUT2D eigenvalue weighted by Gasteiger charge is 2.26. The van der Waals surface area contributed by atoms with Gasteiger partial charge >= 0.3 is 5.97 Å². The van der Waals surface area contributed by atoms with Crippen LogP contribution in [0.3, 0.4) is 0 Å². The lowest BCUT2D eigenvalue weighted by Gasteiger charge is -2.24. The zero-order chi connectivity index (χ0) is 14.8. The molecule has 2 atom stereocenters. The minimum Gasteiger partial charge on any atom is -0.496 e. The zero-order valence-corrected chi connectivity index (χ0v) is 12.2. The van der Waals surface area contributed by atoms with Gasteiger partial charge in [0.15, 0.2) is 0 Å². The molecule has 3 N–H and O–H groups in total. The van der Waals surface area contributed by atoms with E-state index in [4.69, 9.17) is 15.6 Å². The summed E-state index contributed by atoms with van der Waals surface area (Å²) in [5.74, 6) is -0.937. The molecule has 1 aromatic carbocycles. The first-order valence-corrected chi connectivity index (χ1v) is 6.35. The van der Waals surface area contributed by atoms with Crippen LogP contribution < -0.4 is 10.5 Å². The number of carboxylic acids is 1. The van der Waals surface area contributed by atoms with Crippen LogP contribution in [-0.4, -0.2) is 18.2 Å². The van der Waals surface area contributed by atoms with Crippen molar-refractivity contribution in [2.45, 2.75) is 39.2 Å². The van der Waals surface area contributed by atoms with E-state index >= 15 is 0 Å². The maximum absolute atomic E-state index is 11.1. The van der Waals surface area contributed by atoms with Gasteiger partial charge in [-0.1, -0.05) is 33.8 Å². The van der Waals surface area contributed by atoms with E-state index in [1.54, 1.807) is 14.0 Å². The molecule has 0 heterocycles. The highest BCUT2D eigenvalue weighted by molar-refractivity contribution is 5.71. The Morgan fingerprint density at radius 1 is 1.37 bits per heavy atom. The van der Waals surface area contributed by atoms with Crippen molar-refractivity contribution >= 4 is 5.97 Å². The summed E-state index contributed by atoms with van der Waals surface area (Å²) in [6, 6.07) is 5.20. The number of carboxylic acid groups (broad SMARTS) is 1. The molecule has 0 radical (unpaired) electrons. The van der Waals surface area contributed by atoms with E-state index in [2.05, 4.69) is 20.8 Å². The summed E-state index contributed by atoms with van der Waals surface area (Å²) in [6.45, 7) is 7.91. The molecular formula is C15H23NO3. The average Bonchev–Trinajstić information content (AvgIpc) is 2.34. The van der Waals surface area contributed by atoms with Crippen molar-refractivity contribution in [2.24, 2.45) is 11.7 Å². The fraction of sp³-hybridized carbons (Fsp3) is 0.533. The van der Waals surface area contributed by atoms with Crippen molar-refractivity contribution < 1.29 is 14.6 Å². The molecule has 0 aliphatic rings. The molecule has 0 bridgehead atoms. The third kappa shape index (κ3) is 3.47. The summed E-state index contributed by atoms with van der Waals surface area (Å²) < 4.78 is 5.29. The highest BCUT2D eigenvalue weighted by atomic mass is 16.5. The van der Waals surface area contributed by atoms with Gasteiger partial charge < -0.3 is 15.6 Å². The standard InChI is InChI=1S/C15H23NO3/c1-9(14(17)18)13(16)11-8-10(15(2,3)4)6-7-12(11)19-5/h6-9,13H,16H2,1-5H3,(H,17,18). The van der Waals surface area contributed by atoms with Crippen LogP contribution in [0, 0.1) is 5.92 Å². The zero-order valence-electron chi connectivity index (χ0n) is 12.2. The Balaban J connectivity index is 3.27. The molecule has 1 rings (SSSR count). The fourth-order valence-electron chi connectivity index (χ4n) is 1.88. The van der Waals surface area contributed by atoms with E-state index in [9.17, 15) is 4.79 Å². The maximum atomic E-state index is 11.1. The van der Waals surface area contributed by atoms with Gasteiger partial charge in [0.05, 0.1) is 13.0 Å². The predicted molar refractivity (Wildman–Crippen MR) is 75.4 cm³/mol. The molecule has 0 fully saturated rings. The molecule has 0 aliphatic carbocycles. The van der Waals surface area contributed by atoms with Gasteiger partial charge in [-0.2, -0.15) is 0 Å². The first-order valence-electron chi connectivity index (χ1n) is 6.35. The Hall–Kier alpha value is -1.55. The number of hydrogen-bond acceptors (Lipinski definition) is 3. The molecule has 19 heavy (non-hydrogen) atoms. The van der Waals surface area contributed by atoms with Crippen molar-refractivity contribution in [3.8, 4) is 5.75 Å². The van der Waals surface area contributed by atoms with E-state index < -0.39 is 17.9 Å². The fourth-order valence-corrected chi connectivity index (χ4v) is 1.88. The molecule has 0 aliphatic heterocycles. The van der Waals surface area contributed by atoms with E-state index in [0.29, 0.717) is 5.75 Å². The number of aliphatic carboxylic acids is 1. The Morgan fingerprint density at radius 2 is 1.95 bits per heavy atom. The van der Waals surface area contributed by atoms with Gasteiger partial charge in [0.25, 0.3) is 0 Å². The number of ether oxygens (including phenoxy) is 1. The number of rotatable bonds is 4. The summed E-state index contributed by atoms with van der Waals surface area (Å²) in [5, 5.41) is 9.09. The molecule has 0 spiro atoms. The average molecular weight is 265 g/mol. The minimum absolute atomic E-state index is 0.0206. The van der Waals surface area contributed by atoms with Crippen LogP contribution in [0.1, 0.15) is 44.9 Å². The van der Waals surface area contributed by atoms with Crippen LogP contribution in [0.5, 0.6) is 5.75 Å². The highest BCUT2D eigenvalue weighted by Crippen LogP contribution is 2.33. The molecule has 0 aromatic heterocycles. The second-order valence-corrected chi connectivity index (χ2v) is 5.86. The first kappa shape index (κ1) is 15.5. The van der Waals surface area contributed by atoms with Gasteiger partial charge in [-0.15, -0.1) is 0 Å². The van der Waals surface area contributed by atoms with Crippen molar-refractivity contribution in [3.05, 3.63) is 29.3 Å². The number of hydrogen-bond donors (Lipinski definition) is 2. The Labute approximate surface area is 114 Å². The second-order valence-electron chi connectivity index (χ2n) is 5.86. The van der Waals surface area contributed by atoms with Gasteiger partial charge in [-0.05, 0) is 23.1 Å². The van der Waals surface area contributed by atoms with Crippen LogP contribution in [-0.2, 0) is 10.2 Å². The van der Waals surface area contributed by atoms with Crippen molar-refractivity contribution in [1.82, 2.24) is 0 Å². The van der Waals surface area contributed by atoms with Gasteiger partial charge in [0.1, 0.15) is 5.75 Å². The third-order valence-corrected chi connectivity index (χ3v) is 3.38. The largest absolute Gasteiger partial charge is 0.496 e. The second kappa shape index (κ2) is 5.61. The van der Waals surface area contributed by atoms with Crippen molar-refractivity contribution in [3.63, 3.8) is 0 Å². The van der Waals surface area contributed by atoms with Crippen LogP contribution >= 0.6 is 0 Å². The summed E-state index contributed by atoms with van der Waals surface area (Å²) in [7, 11) is 1.56. The van der Waals surface area contributed by atoms with E-state index in [1.165, 1.54) is 0 Å². The summed E-state index contributed by atoms with van der Waals surface area (Å²) >= 11 is 0. The van der Waals surface area contributed by atoms with E-state index in [-0.39, 0.29) is 5.41 Å². The molecule has 0 saturated carbocycles. The van der Waals surface area contributed by atoms with E-state index in [0.717, 1.165) is 11.1 Å². The minimum atomic E-state index is -0.907. The molecule has 106 valence electrons. The molecule has 0 amide bonds. The molecule has 2 unspecified atom stereocenters. The Bertz CT molecular complexity index is 463. The van der Waals surface area contributed by atoms with E-state index in [1.807, 2.05) is 18.2 Å². The number of benzene rings is 1. The lowest BCUT2D eigenvalue weighted by molar-refractivity contribution is -0.141. The lowest BCUT2D eigenvalue weighted by Crippen LogP contribution is -2.26. The molecular weight excluding hydrogens is 242 g/mol. The van der Waals surface area contributed by atoms with Crippen LogP contribution in [0.4, 0.5) is 0 Å². The summed E-state index contributed by atoms with van der Waals surface area (Å²) in [5.41, 5.74) is 7.89. The topological polar surface area (TPSA) is 72.5 Å². The normalized spacial score (nSPS) is 14.8. The smallest absolute Gasteiger partial charge is 0.308 e. The monoisotopic (exact) mass is 265 g/mol. The SMILES string of the molecule is COc1ccc(C(C)(C)C)cc1C(N)C(C)C(=O)O. The van der Waals surface area contributed by atoms with Crippen LogP contribution in [0.2, 0.25) is 0 Å². The molecule has 0 saturated heterocycles. The van der Waals surface area contributed by atoms with Crippen molar-refractivity contribution in [2.75, 3.05) is 7.11 Å². The molecule has 4 heteroatoms. The summed E-state index contributed by atoms with van der Waals surface area (Å²) in [4.78, 5) is 11.1. The number of carbonyl (C=O) groups is 1. The number of methoxy groups -OCH3 is 1. The van der Waals surface area contributed by atoms with Gasteiger partial charge in [-0.3, -0.25) is 4.79 Å². The first-order chi connectivity index (χ1) is 8.68. The number of nitrogens with two attached hydrogens (primary N) is 1. The van der Waals surface area contributed by atoms with Crippen LogP contribution in [0.15, 0.2) is 18.2 Å². The van der Waals surface area contributed by atoms with Gasteiger partial charge in [0.2, 0.25) is 0 Å².